The first kappa shape index (κ1) is 25.9. The van der Waals surface area contributed by atoms with E-state index in [0.29, 0.717) is 19.7 Å². The summed E-state index contributed by atoms with van der Waals surface area (Å²) in [4.78, 5) is 23.9. The highest BCUT2D eigenvalue weighted by Crippen LogP contribution is 2.25. The van der Waals surface area contributed by atoms with Gasteiger partial charge in [-0.15, -0.1) is 0 Å². The predicted molar refractivity (Wildman–Crippen MR) is 138 cm³/mol. The maximum atomic E-state index is 12.6. The standard InChI is InChI=1S/C27H41N5O2/c1-5-22-17-30-27(31-18-22)32-10-8-23(9-11-32)7-6-12-34-24-13-20(3)25(21(4)14-24)26(33)29-16-19(2)15-28/h13-14,17-19,23H,5-12,15-16,28H2,1-4H3,(H,29,33)/t19-/m0/s1. The van der Waals surface area contributed by atoms with Crippen molar-refractivity contribution in [1.29, 1.82) is 0 Å². The predicted octanol–water partition coefficient (Wildman–Crippen LogP) is 4.06. The van der Waals surface area contributed by atoms with Gasteiger partial charge in [0.05, 0.1) is 6.61 Å². The molecule has 34 heavy (non-hydrogen) atoms. The van der Waals surface area contributed by atoms with Gasteiger partial charge in [0.25, 0.3) is 5.91 Å². The second-order valence-electron chi connectivity index (χ2n) is 9.65. The van der Waals surface area contributed by atoms with Crippen LogP contribution in [0.25, 0.3) is 0 Å². The summed E-state index contributed by atoms with van der Waals surface area (Å²) in [6, 6.07) is 3.94. The van der Waals surface area contributed by atoms with Gasteiger partial charge in [0.15, 0.2) is 0 Å². The Morgan fingerprint density at radius 3 is 2.44 bits per heavy atom. The highest BCUT2D eigenvalue weighted by Gasteiger charge is 2.21. The number of aryl methyl sites for hydroxylation is 3. The molecule has 0 spiro atoms. The highest BCUT2D eigenvalue weighted by atomic mass is 16.5. The van der Waals surface area contributed by atoms with Crippen LogP contribution in [0.4, 0.5) is 5.95 Å². The zero-order valence-electron chi connectivity index (χ0n) is 21.3. The van der Waals surface area contributed by atoms with E-state index < -0.39 is 0 Å². The number of rotatable bonds is 11. The number of benzene rings is 1. The zero-order chi connectivity index (χ0) is 24.5. The lowest BCUT2D eigenvalue weighted by Crippen LogP contribution is -2.35. The van der Waals surface area contributed by atoms with E-state index in [0.717, 1.165) is 60.2 Å². The van der Waals surface area contributed by atoms with Gasteiger partial charge in [0, 0.05) is 37.6 Å². The summed E-state index contributed by atoms with van der Waals surface area (Å²) in [5, 5.41) is 2.99. The first-order chi connectivity index (χ1) is 16.4. The van der Waals surface area contributed by atoms with Crippen LogP contribution in [-0.2, 0) is 6.42 Å². The normalized spacial score (nSPS) is 15.3. The molecule has 1 fully saturated rings. The number of carbonyl (C=O) groups excluding carboxylic acids is 1. The molecule has 7 heteroatoms. The molecular formula is C27H41N5O2. The number of ether oxygens (including phenoxy) is 1. The largest absolute Gasteiger partial charge is 0.494 e. The average Bonchev–Trinajstić information content (AvgIpc) is 2.85. The van der Waals surface area contributed by atoms with Gasteiger partial charge in [0.2, 0.25) is 5.95 Å². The number of amides is 1. The molecule has 7 nitrogen and oxygen atoms in total. The van der Waals surface area contributed by atoms with Crippen molar-refractivity contribution < 1.29 is 9.53 Å². The van der Waals surface area contributed by atoms with Crippen molar-refractivity contribution in [3.05, 3.63) is 46.8 Å². The SMILES string of the molecule is CCc1cnc(N2CCC(CCCOc3cc(C)c(C(=O)NC[C@@H](C)CN)c(C)c3)CC2)nc1. The minimum atomic E-state index is -0.0418. The van der Waals surface area contributed by atoms with E-state index in [2.05, 4.69) is 27.1 Å². The molecule has 1 aliphatic heterocycles. The van der Waals surface area contributed by atoms with Crippen molar-refractivity contribution in [2.24, 2.45) is 17.6 Å². The van der Waals surface area contributed by atoms with Crippen LogP contribution in [0.1, 0.15) is 66.6 Å². The lowest BCUT2D eigenvalue weighted by atomic mass is 9.92. The van der Waals surface area contributed by atoms with Crippen LogP contribution >= 0.6 is 0 Å². The molecular weight excluding hydrogens is 426 g/mol. The van der Waals surface area contributed by atoms with Crippen LogP contribution in [0.5, 0.6) is 5.75 Å². The number of anilines is 1. The summed E-state index contributed by atoms with van der Waals surface area (Å²) < 4.78 is 6.04. The summed E-state index contributed by atoms with van der Waals surface area (Å²) in [7, 11) is 0. The first-order valence-electron chi connectivity index (χ1n) is 12.7. The third-order valence-electron chi connectivity index (χ3n) is 6.77. The fraction of sp³-hybridized carbons (Fsp3) is 0.593. The van der Waals surface area contributed by atoms with Crippen molar-refractivity contribution >= 4 is 11.9 Å². The Morgan fingerprint density at radius 2 is 1.85 bits per heavy atom. The number of nitrogens with two attached hydrogens (primary N) is 1. The highest BCUT2D eigenvalue weighted by molar-refractivity contribution is 5.97. The van der Waals surface area contributed by atoms with E-state index in [4.69, 9.17) is 10.5 Å². The topological polar surface area (TPSA) is 93.4 Å². The summed E-state index contributed by atoms with van der Waals surface area (Å²) in [5.41, 5.74) is 9.44. The molecule has 0 saturated carbocycles. The molecule has 1 aromatic carbocycles. The zero-order valence-corrected chi connectivity index (χ0v) is 21.3. The maximum Gasteiger partial charge on any atom is 0.251 e. The minimum absolute atomic E-state index is 0.0418. The number of aromatic nitrogens is 2. The molecule has 1 aliphatic rings. The molecule has 186 valence electrons. The van der Waals surface area contributed by atoms with Gasteiger partial charge in [-0.3, -0.25) is 4.79 Å². The Kier molecular flexibility index (Phi) is 9.69. The monoisotopic (exact) mass is 467 g/mol. The molecule has 1 atom stereocenters. The first-order valence-corrected chi connectivity index (χ1v) is 12.7. The van der Waals surface area contributed by atoms with E-state index in [1.54, 1.807) is 0 Å². The van der Waals surface area contributed by atoms with Crippen LogP contribution in [-0.4, -0.2) is 48.7 Å². The summed E-state index contributed by atoms with van der Waals surface area (Å²) >= 11 is 0. The second kappa shape index (κ2) is 12.7. The molecule has 2 heterocycles. The third-order valence-corrected chi connectivity index (χ3v) is 6.77. The van der Waals surface area contributed by atoms with Crippen molar-refractivity contribution in [3.8, 4) is 5.75 Å². The molecule has 1 saturated heterocycles. The van der Waals surface area contributed by atoms with Crippen molar-refractivity contribution in [1.82, 2.24) is 15.3 Å². The van der Waals surface area contributed by atoms with Crippen molar-refractivity contribution in [2.75, 3.05) is 37.7 Å². The Labute approximate surface area is 204 Å². The number of nitrogens with one attached hydrogen (secondary N) is 1. The van der Waals surface area contributed by atoms with E-state index in [-0.39, 0.29) is 11.8 Å². The van der Waals surface area contributed by atoms with E-state index in [1.807, 2.05) is 45.3 Å². The summed E-state index contributed by atoms with van der Waals surface area (Å²) in [6.07, 6.45) is 9.39. The number of hydrogen-bond acceptors (Lipinski definition) is 6. The van der Waals surface area contributed by atoms with Gasteiger partial charge < -0.3 is 20.7 Å². The van der Waals surface area contributed by atoms with Crippen LogP contribution in [0.3, 0.4) is 0 Å². The van der Waals surface area contributed by atoms with Crippen LogP contribution in [0.2, 0.25) is 0 Å². The lowest BCUT2D eigenvalue weighted by molar-refractivity contribution is 0.0947. The number of nitrogens with zero attached hydrogens (tertiary/aromatic N) is 3. The average molecular weight is 468 g/mol. The van der Waals surface area contributed by atoms with Crippen LogP contribution in [0.15, 0.2) is 24.5 Å². The van der Waals surface area contributed by atoms with E-state index in [9.17, 15) is 4.79 Å². The van der Waals surface area contributed by atoms with Crippen molar-refractivity contribution in [2.45, 2.75) is 59.8 Å². The quantitative estimate of drug-likeness (QED) is 0.484. The molecule has 0 aliphatic carbocycles. The Bertz CT molecular complexity index is 900. The lowest BCUT2D eigenvalue weighted by Gasteiger charge is -2.32. The van der Waals surface area contributed by atoms with Crippen LogP contribution in [0, 0.1) is 25.7 Å². The Hall–Kier alpha value is -2.67. The molecule has 0 bridgehead atoms. The molecule has 3 N–H and O–H groups in total. The molecule has 0 radical (unpaired) electrons. The summed E-state index contributed by atoms with van der Waals surface area (Å²) in [5.74, 6) is 2.64. The van der Waals surface area contributed by atoms with Gasteiger partial charge in [-0.2, -0.15) is 0 Å². The fourth-order valence-electron chi connectivity index (χ4n) is 4.48. The smallest absolute Gasteiger partial charge is 0.251 e. The molecule has 3 rings (SSSR count). The molecule has 0 unspecified atom stereocenters. The van der Waals surface area contributed by atoms with Crippen LogP contribution < -0.4 is 20.7 Å². The molecule has 1 amide bonds. The summed E-state index contributed by atoms with van der Waals surface area (Å²) in [6.45, 7) is 12.0. The number of hydrogen-bond donors (Lipinski definition) is 2. The Morgan fingerprint density at radius 1 is 1.21 bits per heavy atom. The second-order valence-corrected chi connectivity index (χ2v) is 9.65. The fourth-order valence-corrected chi connectivity index (χ4v) is 4.48. The van der Waals surface area contributed by atoms with Gasteiger partial charge in [-0.05, 0) is 93.2 Å². The van der Waals surface area contributed by atoms with Gasteiger partial charge >= 0.3 is 0 Å². The van der Waals surface area contributed by atoms with Gasteiger partial charge in [-0.25, -0.2) is 9.97 Å². The van der Waals surface area contributed by atoms with E-state index >= 15 is 0 Å². The Balaban J connectivity index is 1.40. The minimum Gasteiger partial charge on any atom is -0.494 e. The molecule has 1 aromatic heterocycles. The van der Waals surface area contributed by atoms with Crippen molar-refractivity contribution in [3.63, 3.8) is 0 Å². The maximum absolute atomic E-state index is 12.6. The third kappa shape index (κ3) is 7.16. The van der Waals surface area contributed by atoms with Gasteiger partial charge in [-0.1, -0.05) is 13.8 Å². The molecule has 2 aromatic rings. The number of carbonyl (C=O) groups is 1. The van der Waals surface area contributed by atoms with E-state index in [1.165, 1.54) is 24.8 Å². The van der Waals surface area contributed by atoms with Gasteiger partial charge in [0.1, 0.15) is 5.75 Å². The number of piperidine rings is 1.